The average Bonchev–Trinajstić information content (AvgIpc) is 2.84. The zero-order valence-corrected chi connectivity index (χ0v) is 12.1. The van der Waals surface area contributed by atoms with Gasteiger partial charge in [0.05, 0.1) is 5.56 Å². The van der Waals surface area contributed by atoms with Crippen LogP contribution in [0, 0.1) is 0 Å². The summed E-state index contributed by atoms with van der Waals surface area (Å²) in [4.78, 5) is 11.3. The zero-order chi connectivity index (χ0) is 13.4. The van der Waals surface area contributed by atoms with Crippen LogP contribution in [0.1, 0.15) is 21.5 Å². The predicted molar refractivity (Wildman–Crippen MR) is 76.9 cm³/mol. The van der Waals surface area contributed by atoms with E-state index in [0.29, 0.717) is 11.3 Å². The second-order valence-electron chi connectivity index (χ2n) is 4.58. The molecule has 0 saturated carbocycles. The summed E-state index contributed by atoms with van der Waals surface area (Å²) in [5, 5.41) is 2.19. The van der Waals surface area contributed by atoms with Gasteiger partial charge in [-0.1, -0.05) is 22.0 Å². The van der Waals surface area contributed by atoms with Gasteiger partial charge in [0.25, 0.3) is 0 Å². The van der Waals surface area contributed by atoms with Crippen molar-refractivity contribution in [2.24, 2.45) is 0 Å². The molecule has 3 nitrogen and oxygen atoms in total. The first-order valence-corrected chi connectivity index (χ1v) is 6.89. The number of hydrogen-bond acceptors (Lipinski definition) is 3. The van der Waals surface area contributed by atoms with Gasteiger partial charge in [-0.3, -0.25) is 4.79 Å². The SMILES string of the molecule is COCOc1c(C=O)cc2c3c(ccc(Br)c13)CC2. The van der Waals surface area contributed by atoms with E-state index < -0.39 is 0 Å². The molecule has 0 aliphatic heterocycles. The smallest absolute Gasteiger partial charge is 0.188 e. The van der Waals surface area contributed by atoms with Gasteiger partial charge in [0.2, 0.25) is 0 Å². The normalized spacial score (nSPS) is 12.9. The van der Waals surface area contributed by atoms with Gasteiger partial charge >= 0.3 is 0 Å². The molecule has 19 heavy (non-hydrogen) atoms. The van der Waals surface area contributed by atoms with Crippen molar-refractivity contribution in [3.8, 4) is 5.75 Å². The molecule has 3 rings (SSSR count). The van der Waals surface area contributed by atoms with Gasteiger partial charge in [-0.05, 0) is 41.5 Å². The average molecular weight is 321 g/mol. The van der Waals surface area contributed by atoms with Gasteiger partial charge < -0.3 is 9.47 Å². The van der Waals surface area contributed by atoms with Crippen LogP contribution in [-0.4, -0.2) is 20.2 Å². The monoisotopic (exact) mass is 320 g/mol. The highest BCUT2D eigenvalue weighted by molar-refractivity contribution is 9.10. The Kier molecular flexibility index (Phi) is 3.29. The summed E-state index contributed by atoms with van der Waals surface area (Å²) >= 11 is 3.56. The predicted octanol–water partition coefficient (Wildman–Crippen LogP) is 3.50. The van der Waals surface area contributed by atoms with Crippen LogP contribution in [0.3, 0.4) is 0 Å². The van der Waals surface area contributed by atoms with E-state index in [1.807, 2.05) is 12.1 Å². The minimum atomic E-state index is 0.131. The molecule has 0 saturated heterocycles. The summed E-state index contributed by atoms with van der Waals surface area (Å²) in [6.07, 6.45) is 2.84. The number of carbonyl (C=O) groups excluding carboxylic acids is 1. The third kappa shape index (κ3) is 1.95. The first kappa shape index (κ1) is 12.6. The maximum absolute atomic E-state index is 11.3. The molecular formula is C15H13BrO3. The number of aryl methyl sites for hydroxylation is 2. The van der Waals surface area contributed by atoms with E-state index in [0.717, 1.165) is 29.0 Å². The minimum Gasteiger partial charge on any atom is -0.466 e. The number of hydrogen-bond donors (Lipinski definition) is 0. The number of benzene rings is 2. The fraction of sp³-hybridized carbons (Fsp3) is 0.267. The standard InChI is InChI=1S/C15H13BrO3/c1-18-8-19-15-11(7-17)6-10-3-2-9-4-5-12(16)14(15)13(9)10/h4-7H,2-3,8H2,1H3. The lowest BCUT2D eigenvalue weighted by atomic mass is 10.0. The zero-order valence-electron chi connectivity index (χ0n) is 10.5. The Bertz CT molecular complexity index is 664. The maximum Gasteiger partial charge on any atom is 0.188 e. The van der Waals surface area contributed by atoms with Crippen molar-refractivity contribution in [3.05, 3.63) is 39.4 Å². The second-order valence-corrected chi connectivity index (χ2v) is 5.43. The lowest BCUT2D eigenvalue weighted by Gasteiger charge is -2.14. The highest BCUT2D eigenvalue weighted by atomic mass is 79.9. The Hall–Kier alpha value is -1.39. The molecular weight excluding hydrogens is 308 g/mol. The number of halogens is 1. The molecule has 1 aliphatic rings. The van der Waals surface area contributed by atoms with Crippen LogP contribution in [-0.2, 0) is 17.6 Å². The summed E-state index contributed by atoms with van der Waals surface area (Å²) in [7, 11) is 1.57. The molecule has 98 valence electrons. The molecule has 0 bridgehead atoms. The molecule has 0 fully saturated rings. The van der Waals surface area contributed by atoms with Gasteiger partial charge in [0, 0.05) is 17.0 Å². The molecule has 0 atom stereocenters. The Morgan fingerprint density at radius 1 is 1.26 bits per heavy atom. The van der Waals surface area contributed by atoms with Gasteiger partial charge in [-0.15, -0.1) is 0 Å². The molecule has 0 spiro atoms. The summed E-state index contributed by atoms with van der Waals surface area (Å²) in [5.41, 5.74) is 3.12. The number of methoxy groups -OCH3 is 1. The minimum absolute atomic E-state index is 0.131. The third-order valence-electron chi connectivity index (χ3n) is 3.49. The Morgan fingerprint density at radius 2 is 2.05 bits per heavy atom. The van der Waals surface area contributed by atoms with Crippen LogP contribution >= 0.6 is 15.9 Å². The van der Waals surface area contributed by atoms with Gasteiger partial charge in [0.15, 0.2) is 13.1 Å². The Balaban J connectivity index is 2.35. The quantitative estimate of drug-likeness (QED) is 0.639. The van der Waals surface area contributed by atoms with Crippen molar-refractivity contribution < 1.29 is 14.3 Å². The van der Waals surface area contributed by atoms with Crippen molar-refractivity contribution >= 4 is 33.0 Å². The lowest BCUT2D eigenvalue weighted by molar-refractivity contribution is 0.0516. The summed E-state index contributed by atoms with van der Waals surface area (Å²) in [6, 6.07) is 6.08. The van der Waals surface area contributed by atoms with E-state index in [-0.39, 0.29) is 6.79 Å². The summed E-state index contributed by atoms with van der Waals surface area (Å²) < 4.78 is 11.5. The van der Waals surface area contributed by atoms with Crippen molar-refractivity contribution in [2.75, 3.05) is 13.9 Å². The fourth-order valence-corrected chi connectivity index (χ4v) is 3.23. The molecule has 1 aliphatic carbocycles. The fourth-order valence-electron chi connectivity index (χ4n) is 2.71. The molecule has 0 amide bonds. The van der Waals surface area contributed by atoms with Gasteiger partial charge in [0.1, 0.15) is 5.75 Å². The molecule has 0 radical (unpaired) electrons. The molecule has 0 unspecified atom stereocenters. The highest BCUT2D eigenvalue weighted by Gasteiger charge is 2.21. The number of ether oxygens (including phenoxy) is 2. The van der Waals surface area contributed by atoms with E-state index in [4.69, 9.17) is 9.47 Å². The first-order chi connectivity index (χ1) is 9.26. The van der Waals surface area contributed by atoms with Crippen LogP contribution < -0.4 is 4.74 Å². The third-order valence-corrected chi connectivity index (χ3v) is 4.15. The van der Waals surface area contributed by atoms with Gasteiger partial charge in [-0.2, -0.15) is 0 Å². The van der Waals surface area contributed by atoms with Crippen LogP contribution in [0.15, 0.2) is 22.7 Å². The van der Waals surface area contributed by atoms with Crippen molar-refractivity contribution in [1.29, 1.82) is 0 Å². The van der Waals surface area contributed by atoms with E-state index in [1.54, 1.807) is 7.11 Å². The Labute approximate surface area is 119 Å². The molecule has 0 aromatic heterocycles. The summed E-state index contributed by atoms with van der Waals surface area (Å²) in [6.45, 7) is 0.131. The Morgan fingerprint density at radius 3 is 2.79 bits per heavy atom. The maximum atomic E-state index is 11.3. The lowest BCUT2D eigenvalue weighted by Crippen LogP contribution is -2.03. The van der Waals surface area contributed by atoms with Crippen LogP contribution in [0.4, 0.5) is 0 Å². The number of aldehydes is 1. The van der Waals surface area contributed by atoms with E-state index in [2.05, 4.69) is 22.0 Å². The highest BCUT2D eigenvalue weighted by Crippen LogP contribution is 2.42. The van der Waals surface area contributed by atoms with Crippen molar-refractivity contribution in [1.82, 2.24) is 0 Å². The topological polar surface area (TPSA) is 35.5 Å². The van der Waals surface area contributed by atoms with E-state index >= 15 is 0 Å². The number of rotatable bonds is 4. The first-order valence-electron chi connectivity index (χ1n) is 6.10. The molecule has 2 aromatic carbocycles. The summed E-state index contributed by atoms with van der Waals surface area (Å²) in [5.74, 6) is 0.603. The van der Waals surface area contributed by atoms with Crippen LogP contribution in [0.25, 0.3) is 10.8 Å². The molecule has 4 heteroatoms. The van der Waals surface area contributed by atoms with Crippen molar-refractivity contribution in [3.63, 3.8) is 0 Å². The van der Waals surface area contributed by atoms with Crippen LogP contribution in [0.2, 0.25) is 0 Å². The van der Waals surface area contributed by atoms with E-state index in [1.165, 1.54) is 16.5 Å². The van der Waals surface area contributed by atoms with Crippen molar-refractivity contribution in [2.45, 2.75) is 12.8 Å². The molecule has 0 heterocycles. The largest absolute Gasteiger partial charge is 0.466 e. The van der Waals surface area contributed by atoms with Crippen LogP contribution in [0.5, 0.6) is 5.75 Å². The molecule has 0 N–H and O–H groups in total. The van der Waals surface area contributed by atoms with E-state index in [9.17, 15) is 4.79 Å². The second kappa shape index (κ2) is 4.94. The molecule has 2 aromatic rings. The van der Waals surface area contributed by atoms with Gasteiger partial charge in [-0.25, -0.2) is 0 Å². The number of carbonyl (C=O) groups is 1.